The number of thiazole rings is 1. The Morgan fingerprint density at radius 2 is 2.14 bits per heavy atom. The summed E-state index contributed by atoms with van der Waals surface area (Å²) in [6.45, 7) is -0.728. The van der Waals surface area contributed by atoms with Crippen molar-refractivity contribution < 1.29 is 66.5 Å². The summed E-state index contributed by atoms with van der Waals surface area (Å²) < 4.78 is 37.9. The molecule has 1 saturated heterocycles. The Morgan fingerprint density at radius 1 is 1.50 bits per heavy atom. The van der Waals surface area contributed by atoms with Gasteiger partial charge in [0.15, 0.2) is 21.1 Å². The van der Waals surface area contributed by atoms with Gasteiger partial charge in [-0.3, -0.25) is 9.59 Å². The second kappa shape index (κ2) is 9.48. The van der Waals surface area contributed by atoms with Crippen molar-refractivity contribution in [1.29, 1.82) is 0 Å². The molecule has 0 bridgehead atoms. The summed E-state index contributed by atoms with van der Waals surface area (Å²) in [6, 6.07) is -2.96. The second-order valence-corrected chi connectivity index (χ2v) is 7.07. The van der Waals surface area contributed by atoms with Crippen molar-refractivity contribution in [1.82, 2.24) is 14.6 Å². The van der Waals surface area contributed by atoms with Crippen LogP contribution in [0.5, 0.6) is 0 Å². The molecule has 0 spiro atoms. The van der Waals surface area contributed by atoms with Crippen molar-refractivity contribution in [2.45, 2.75) is 12.1 Å². The average molecular weight is 444 g/mol. The Bertz CT molecular complexity index is 903. The van der Waals surface area contributed by atoms with Gasteiger partial charge >= 0.3 is 35.7 Å². The molecule has 1 fully saturated rings. The third-order valence-electron chi connectivity index (χ3n) is 3.26. The minimum absolute atomic E-state index is 0. The maximum atomic E-state index is 12.4. The molecule has 0 aliphatic carbocycles. The van der Waals surface area contributed by atoms with Gasteiger partial charge in [-0.25, -0.2) is 22.5 Å². The molecule has 0 aromatic carbocycles. The predicted octanol–water partition coefficient (Wildman–Crippen LogP) is -5.67. The van der Waals surface area contributed by atoms with Crippen LogP contribution in [0.25, 0.3) is 0 Å². The number of anilines is 1. The van der Waals surface area contributed by atoms with Gasteiger partial charge in [0.25, 0.3) is 11.8 Å². The zero-order chi connectivity index (χ0) is 20.4. The third kappa shape index (κ3) is 5.30. The van der Waals surface area contributed by atoms with Gasteiger partial charge < -0.3 is 30.9 Å². The van der Waals surface area contributed by atoms with Crippen molar-refractivity contribution in [2.75, 3.05) is 19.5 Å². The monoisotopic (exact) mass is 444 g/mol. The van der Waals surface area contributed by atoms with Gasteiger partial charge in [-0.15, -0.1) is 11.3 Å². The van der Waals surface area contributed by atoms with Crippen LogP contribution in [0.15, 0.2) is 10.5 Å². The molecule has 0 radical (unpaired) electrons. The third-order valence-corrected chi connectivity index (χ3v) is 4.86. The first-order chi connectivity index (χ1) is 12.6. The number of carbonyl (C=O) groups excluding carboxylic acids is 3. The number of nitrogens with zero attached hydrogens (tertiary/aromatic N) is 3. The van der Waals surface area contributed by atoms with Crippen LogP contribution in [-0.4, -0.2) is 71.7 Å². The van der Waals surface area contributed by atoms with Crippen LogP contribution >= 0.6 is 11.3 Å². The maximum Gasteiger partial charge on any atom is 1.00 e. The molecule has 5 N–H and O–H groups in total. The van der Waals surface area contributed by atoms with Crippen LogP contribution in [0, 0.1) is 0 Å². The molecule has 0 saturated carbocycles. The van der Waals surface area contributed by atoms with Crippen molar-refractivity contribution in [2.24, 2.45) is 10.9 Å². The van der Waals surface area contributed by atoms with Gasteiger partial charge in [0.2, 0.25) is 0 Å². The average Bonchev–Trinajstić information content (AvgIpc) is 2.98. The zero-order valence-corrected chi connectivity index (χ0v) is 18.2. The second-order valence-electron chi connectivity index (χ2n) is 4.93. The SMILES string of the molecule is CON=C(C(=O)N[C@H]1C(=O)N(S(=O)(=O)[O-])[C@H]1COC(N)=O)c1csc(N)n1.[Na+]. The number of oxime groups is 1. The summed E-state index contributed by atoms with van der Waals surface area (Å²) in [6.07, 6.45) is -1.26. The van der Waals surface area contributed by atoms with Crippen LogP contribution < -0.4 is 46.3 Å². The standard InChI is InChI=1S/C11H14N6O8S2.Na/c1-24-16-6(4-3-26-10(12)14-4)8(18)15-7-5(2-25-11(13)20)17(9(7)19)27(21,22)23;/h3,5,7H,2H2,1H3,(H2,12,14)(H2,13,20)(H,15,18)(H,21,22,23);/q;+1/p-1/t5-,7+;/m0./s1. The van der Waals surface area contributed by atoms with Gasteiger partial charge in [-0.2, -0.15) is 0 Å². The Balaban J connectivity index is 0.00000392. The summed E-state index contributed by atoms with van der Waals surface area (Å²) in [5, 5.41) is 7.21. The zero-order valence-electron chi connectivity index (χ0n) is 14.5. The van der Waals surface area contributed by atoms with E-state index in [2.05, 4.69) is 25.0 Å². The van der Waals surface area contributed by atoms with Gasteiger partial charge in [0.1, 0.15) is 31.5 Å². The van der Waals surface area contributed by atoms with E-state index in [1.165, 1.54) is 5.38 Å². The minimum atomic E-state index is -5.19. The summed E-state index contributed by atoms with van der Waals surface area (Å²) in [5.41, 5.74) is 9.97. The van der Waals surface area contributed by atoms with E-state index in [1.807, 2.05) is 0 Å². The largest absolute Gasteiger partial charge is 1.00 e. The molecule has 2 heterocycles. The molecule has 1 aromatic rings. The molecule has 28 heavy (non-hydrogen) atoms. The number of aromatic nitrogens is 1. The summed E-state index contributed by atoms with van der Waals surface area (Å²) >= 11 is 1.01. The molecule has 2 rings (SSSR count). The van der Waals surface area contributed by atoms with Gasteiger partial charge in [0.05, 0.1) is 0 Å². The quantitative estimate of drug-likeness (QED) is 0.119. The van der Waals surface area contributed by atoms with Crippen molar-refractivity contribution in [3.8, 4) is 0 Å². The molecule has 0 unspecified atom stereocenters. The van der Waals surface area contributed by atoms with E-state index in [0.717, 1.165) is 18.4 Å². The molecule has 17 heteroatoms. The van der Waals surface area contributed by atoms with E-state index >= 15 is 0 Å². The number of ether oxygens (including phenoxy) is 1. The predicted molar refractivity (Wildman–Crippen MR) is 87.9 cm³/mol. The summed E-state index contributed by atoms with van der Waals surface area (Å²) in [7, 11) is -4.03. The van der Waals surface area contributed by atoms with E-state index in [-0.39, 0.29) is 50.4 Å². The van der Waals surface area contributed by atoms with E-state index < -0.39 is 46.9 Å². The first kappa shape index (κ1) is 24.1. The Hall–Kier alpha value is -1.98. The van der Waals surface area contributed by atoms with Crippen LogP contribution in [0.4, 0.5) is 9.93 Å². The van der Waals surface area contributed by atoms with E-state index in [9.17, 15) is 27.4 Å². The molecule has 1 aliphatic rings. The number of nitrogens with one attached hydrogen (secondary N) is 1. The maximum absolute atomic E-state index is 12.4. The van der Waals surface area contributed by atoms with Crippen LogP contribution in [0.3, 0.4) is 0 Å². The molecule has 148 valence electrons. The number of amides is 3. The first-order valence-electron chi connectivity index (χ1n) is 6.91. The summed E-state index contributed by atoms with van der Waals surface area (Å²) in [4.78, 5) is 43.5. The molecule has 3 amide bonds. The Kier molecular flexibility index (Phi) is 8.15. The van der Waals surface area contributed by atoms with Crippen molar-refractivity contribution in [3.63, 3.8) is 0 Å². The van der Waals surface area contributed by atoms with Crippen molar-refractivity contribution in [3.05, 3.63) is 11.1 Å². The summed E-state index contributed by atoms with van der Waals surface area (Å²) in [5.74, 6) is -2.18. The molecule has 1 aliphatic heterocycles. The van der Waals surface area contributed by atoms with Crippen LogP contribution in [0.2, 0.25) is 0 Å². The van der Waals surface area contributed by atoms with E-state index in [0.29, 0.717) is 0 Å². The molecule has 1 aromatic heterocycles. The first-order valence-corrected chi connectivity index (χ1v) is 9.15. The van der Waals surface area contributed by atoms with Crippen molar-refractivity contribution >= 4 is 50.4 Å². The van der Waals surface area contributed by atoms with Gasteiger partial charge in [0, 0.05) is 5.38 Å². The van der Waals surface area contributed by atoms with Gasteiger partial charge in [-0.05, 0) is 0 Å². The molecule has 14 nitrogen and oxygen atoms in total. The molecular weight excluding hydrogens is 431 g/mol. The number of carbonyl (C=O) groups is 3. The number of nitrogens with two attached hydrogens (primary N) is 2. The number of nitrogen functional groups attached to an aromatic ring is 1. The topological polar surface area (TPSA) is 219 Å². The van der Waals surface area contributed by atoms with E-state index in [4.69, 9.17) is 11.5 Å². The Morgan fingerprint density at radius 3 is 2.61 bits per heavy atom. The molecular formula is C11H13N6NaO8S2. The molecule has 2 atom stereocenters. The van der Waals surface area contributed by atoms with Gasteiger partial charge in [-0.1, -0.05) is 5.16 Å². The van der Waals surface area contributed by atoms with E-state index in [1.54, 1.807) is 0 Å². The Labute approximate surface area is 184 Å². The fourth-order valence-electron chi connectivity index (χ4n) is 2.19. The van der Waals surface area contributed by atoms with Crippen LogP contribution in [0.1, 0.15) is 5.69 Å². The smallest absolute Gasteiger partial charge is 0.731 e. The minimum Gasteiger partial charge on any atom is -0.731 e. The number of hydrogen-bond acceptors (Lipinski definition) is 12. The van der Waals surface area contributed by atoms with Crippen LogP contribution in [-0.2, 0) is 29.5 Å². The number of primary amides is 1. The number of β-lactam (4-membered cyclic amide) rings is 1. The normalized spacial score (nSPS) is 19.3. The fraction of sp³-hybridized carbons (Fsp3) is 0.364. The number of rotatable bonds is 7. The number of hydrogen-bond donors (Lipinski definition) is 3. The fourth-order valence-corrected chi connectivity index (χ4v) is 3.58.